The Morgan fingerprint density at radius 3 is 2.64 bits per heavy atom. The lowest BCUT2D eigenvalue weighted by Crippen LogP contribution is -1.79. The van der Waals surface area contributed by atoms with Crippen molar-refractivity contribution >= 4 is 27.5 Å². The second-order valence-electron chi connectivity index (χ2n) is 2.58. The molecule has 0 radical (unpaired) electrons. The summed E-state index contributed by atoms with van der Waals surface area (Å²) in [6.45, 7) is 0. The molecule has 1 aromatic carbocycles. The Balaban J connectivity index is 2.95. The molecule has 1 aromatic rings. The average molecular weight is 269 g/mol. The second kappa shape index (κ2) is 5.70. The number of nitriles is 1. The summed E-state index contributed by atoms with van der Waals surface area (Å²) >= 11 is 9.10. The molecule has 0 N–H and O–H groups in total. The zero-order valence-electron chi connectivity index (χ0n) is 7.35. The lowest BCUT2D eigenvalue weighted by molar-refractivity contribution is 1.32. The van der Waals surface area contributed by atoms with Gasteiger partial charge in [-0.05, 0) is 18.2 Å². The molecular weight excluding hydrogens is 261 g/mol. The monoisotopic (exact) mass is 267 g/mol. The van der Waals surface area contributed by atoms with Crippen molar-refractivity contribution in [2.45, 2.75) is 6.42 Å². The Bertz CT molecular complexity index is 423. The van der Waals surface area contributed by atoms with E-state index in [2.05, 4.69) is 27.8 Å². The van der Waals surface area contributed by atoms with Gasteiger partial charge < -0.3 is 0 Å². The Kier molecular flexibility index (Phi) is 4.53. The molecule has 0 aromatic heterocycles. The quantitative estimate of drug-likeness (QED) is 0.566. The van der Waals surface area contributed by atoms with Gasteiger partial charge in [0.25, 0.3) is 0 Å². The van der Waals surface area contributed by atoms with E-state index in [4.69, 9.17) is 16.9 Å². The fraction of sp³-hybridized carbons (Fsp3) is 0.182. The molecule has 0 unspecified atom stereocenters. The molecule has 70 valence electrons. The first-order valence-corrected chi connectivity index (χ1v) is 5.51. The minimum atomic E-state index is 0.542. The van der Waals surface area contributed by atoms with Crippen LogP contribution in [0.15, 0.2) is 18.2 Å². The molecule has 0 saturated carbocycles. The molecule has 0 saturated heterocycles. The fourth-order valence-corrected chi connectivity index (χ4v) is 1.37. The highest BCUT2D eigenvalue weighted by atomic mass is 79.9. The summed E-state index contributed by atoms with van der Waals surface area (Å²) in [6, 6.07) is 7.14. The van der Waals surface area contributed by atoms with Gasteiger partial charge in [-0.15, -0.1) is 0 Å². The predicted octanol–water partition coefficient (Wildman–Crippen LogP) is 3.35. The van der Waals surface area contributed by atoms with E-state index in [1.165, 1.54) is 0 Å². The lowest BCUT2D eigenvalue weighted by atomic mass is 10.1. The fourth-order valence-electron chi connectivity index (χ4n) is 0.938. The van der Waals surface area contributed by atoms with E-state index in [1.807, 2.05) is 6.07 Å². The van der Waals surface area contributed by atoms with Crippen LogP contribution in [-0.4, -0.2) is 5.33 Å². The molecule has 0 aliphatic rings. The van der Waals surface area contributed by atoms with Crippen LogP contribution in [0.1, 0.15) is 17.5 Å². The SMILES string of the molecule is N#Cc1cc(Cl)cc(C#CCCBr)c1. The van der Waals surface area contributed by atoms with E-state index in [0.717, 1.165) is 17.3 Å². The number of hydrogen-bond donors (Lipinski definition) is 0. The summed E-state index contributed by atoms with van der Waals surface area (Å²) in [4.78, 5) is 0. The van der Waals surface area contributed by atoms with Gasteiger partial charge >= 0.3 is 0 Å². The molecule has 0 amide bonds. The molecule has 0 bridgehead atoms. The second-order valence-corrected chi connectivity index (χ2v) is 3.81. The Morgan fingerprint density at radius 2 is 2.00 bits per heavy atom. The summed E-state index contributed by atoms with van der Waals surface area (Å²) in [5.74, 6) is 5.91. The molecule has 0 fully saturated rings. The molecule has 1 rings (SSSR count). The molecule has 0 spiro atoms. The third-order valence-electron chi connectivity index (χ3n) is 1.48. The van der Waals surface area contributed by atoms with Crippen molar-refractivity contribution in [3.8, 4) is 17.9 Å². The van der Waals surface area contributed by atoms with E-state index in [-0.39, 0.29) is 0 Å². The highest BCUT2D eigenvalue weighted by Gasteiger charge is 1.95. The predicted molar refractivity (Wildman–Crippen MR) is 61.5 cm³/mol. The first-order chi connectivity index (χ1) is 6.76. The van der Waals surface area contributed by atoms with Crippen LogP contribution in [0.25, 0.3) is 0 Å². The van der Waals surface area contributed by atoms with Crippen LogP contribution in [0.2, 0.25) is 5.02 Å². The van der Waals surface area contributed by atoms with Gasteiger partial charge in [-0.3, -0.25) is 0 Å². The van der Waals surface area contributed by atoms with Crippen molar-refractivity contribution in [2.24, 2.45) is 0 Å². The average Bonchev–Trinajstić information content (AvgIpc) is 2.17. The summed E-state index contributed by atoms with van der Waals surface area (Å²) in [5, 5.41) is 10.1. The first-order valence-electron chi connectivity index (χ1n) is 4.02. The standard InChI is InChI=1S/C11H7BrClN/c12-4-2-1-3-9-5-10(8-14)7-11(13)6-9/h5-7H,2,4H2. The van der Waals surface area contributed by atoms with Crippen LogP contribution in [0, 0.1) is 23.2 Å². The number of hydrogen-bond acceptors (Lipinski definition) is 1. The Hall–Kier alpha value is -0.960. The number of alkyl halides is 1. The molecule has 0 aliphatic heterocycles. The highest BCUT2D eigenvalue weighted by molar-refractivity contribution is 9.09. The maximum absolute atomic E-state index is 8.69. The van der Waals surface area contributed by atoms with Gasteiger partial charge in [0.2, 0.25) is 0 Å². The van der Waals surface area contributed by atoms with E-state index < -0.39 is 0 Å². The first kappa shape index (κ1) is 11.1. The van der Waals surface area contributed by atoms with Gasteiger partial charge in [-0.25, -0.2) is 0 Å². The third-order valence-corrected chi connectivity index (χ3v) is 2.09. The van der Waals surface area contributed by atoms with Gasteiger partial charge in [0, 0.05) is 22.3 Å². The van der Waals surface area contributed by atoms with Gasteiger partial charge in [0.1, 0.15) is 0 Å². The smallest absolute Gasteiger partial charge is 0.0992 e. The summed E-state index contributed by atoms with van der Waals surface area (Å²) < 4.78 is 0. The van der Waals surface area contributed by atoms with Crippen LogP contribution in [0.5, 0.6) is 0 Å². The lowest BCUT2D eigenvalue weighted by Gasteiger charge is -1.93. The van der Waals surface area contributed by atoms with E-state index >= 15 is 0 Å². The van der Waals surface area contributed by atoms with Crippen molar-refractivity contribution in [1.82, 2.24) is 0 Å². The largest absolute Gasteiger partial charge is 0.192 e. The van der Waals surface area contributed by atoms with E-state index in [1.54, 1.807) is 18.2 Å². The molecule has 0 aliphatic carbocycles. The highest BCUT2D eigenvalue weighted by Crippen LogP contribution is 2.13. The van der Waals surface area contributed by atoms with Crippen LogP contribution in [-0.2, 0) is 0 Å². The molecule has 1 nitrogen and oxygen atoms in total. The maximum Gasteiger partial charge on any atom is 0.0992 e. The molecule has 14 heavy (non-hydrogen) atoms. The maximum atomic E-state index is 8.69. The number of benzene rings is 1. The normalized spacial score (nSPS) is 8.64. The van der Waals surface area contributed by atoms with Crippen molar-refractivity contribution in [3.63, 3.8) is 0 Å². The minimum Gasteiger partial charge on any atom is -0.192 e. The molecule has 3 heteroatoms. The minimum absolute atomic E-state index is 0.542. The van der Waals surface area contributed by atoms with Crippen molar-refractivity contribution < 1.29 is 0 Å². The van der Waals surface area contributed by atoms with E-state index in [0.29, 0.717) is 10.6 Å². The number of nitrogens with zero attached hydrogens (tertiary/aromatic N) is 1. The molecular formula is C11H7BrClN. The van der Waals surface area contributed by atoms with Crippen LogP contribution in [0.3, 0.4) is 0 Å². The Morgan fingerprint density at radius 1 is 1.29 bits per heavy atom. The van der Waals surface area contributed by atoms with Gasteiger partial charge in [0.15, 0.2) is 0 Å². The number of rotatable bonds is 1. The summed E-state index contributed by atoms with van der Waals surface area (Å²) in [6.07, 6.45) is 0.786. The molecule has 0 heterocycles. The van der Waals surface area contributed by atoms with Crippen LogP contribution >= 0.6 is 27.5 Å². The van der Waals surface area contributed by atoms with Gasteiger partial charge in [-0.1, -0.05) is 39.4 Å². The van der Waals surface area contributed by atoms with Crippen molar-refractivity contribution in [1.29, 1.82) is 5.26 Å². The molecule has 0 atom stereocenters. The number of halogens is 2. The topological polar surface area (TPSA) is 23.8 Å². The van der Waals surface area contributed by atoms with Crippen LogP contribution in [0.4, 0.5) is 0 Å². The summed E-state index contributed by atoms with van der Waals surface area (Å²) in [7, 11) is 0. The summed E-state index contributed by atoms with van der Waals surface area (Å²) in [5.41, 5.74) is 1.33. The zero-order chi connectivity index (χ0) is 10.4. The van der Waals surface area contributed by atoms with Crippen molar-refractivity contribution in [3.05, 3.63) is 34.3 Å². The van der Waals surface area contributed by atoms with Crippen LogP contribution < -0.4 is 0 Å². The third kappa shape index (κ3) is 3.42. The van der Waals surface area contributed by atoms with Gasteiger partial charge in [0.05, 0.1) is 11.6 Å². The van der Waals surface area contributed by atoms with Gasteiger partial charge in [-0.2, -0.15) is 5.26 Å². The van der Waals surface area contributed by atoms with E-state index in [9.17, 15) is 0 Å². The Labute approximate surface area is 96.8 Å². The zero-order valence-corrected chi connectivity index (χ0v) is 9.69. The van der Waals surface area contributed by atoms with Crippen molar-refractivity contribution in [2.75, 3.05) is 5.33 Å².